The van der Waals surface area contributed by atoms with E-state index in [1.807, 2.05) is 0 Å². The maximum absolute atomic E-state index is 11.4. The van der Waals surface area contributed by atoms with Gasteiger partial charge in [0, 0.05) is 17.8 Å². The number of amides is 1. The van der Waals surface area contributed by atoms with Gasteiger partial charge in [0.1, 0.15) is 5.69 Å². The molecule has 68 valence electrons. The minimum atomic E-state index is -0.129. The average molecular weight is 178 g/mol. The van der Waals surface area contributed by atoms with Gasteiger partial charge in [-0.3, -0.25) is 9.59 Å². The van der Waals surface area contributed by atoms with E-state index in [0.717, 1.165) is 12.8 Å². The summed E-state index contributed by atoms with van der Waals surface area (Å²) in [6.07, 6.45) is 4.36. The van der Waals surface area contributed by atoms with E-state index >= 15 is 0 Å². The normalized spacial score (nSPS) is 15.4. The molecule has 1 fully saturated rings. The quantitative estimate of drug-likeness (QED) is 0.670. The summed E-state index contributed by atoms with van der Waals surface area (Å²) in [4.78, 5) is 24.4. The number of rotatable bonds is 3. The maximum atomic E-state index is 11.4. The van der Waals surface area contributed by atoms with Crippen LogP contribution in [0.2, 0.25) is 0 Å². The standard InChI is InChI=1S/C9H10N2O2/c12-5-6-3-8(10-4-6)9(13)11-7-1-2-7/h3-5,7,10H,1-2H2,(H,11,13). The first kappa shape index (κ1) is 8.04. The smallest absolute Gasteiger partial charge is 0.267 e. The SMILES string of the molecule is O=Cc1c[nH]c(C(=O)NC2CC2)c1. The van der Waals surface area contributed by atoms with Crippen LogP contribution in [0.5, 0.6) is 0 Å². The molecule has 1 aliphatic rings. The van der Waals surface area contributed by atoms with Crippen LogP contribution in [0, 0.1) is 0 Å². The van der Waals surface area contributed by atoms with Gasteiger partial charge < -0.3 is 10.3 Å². The van der Waals surface area contributed by atoms with Crippen molar-refractivity contribution >= 4 is 12.2 Å². The summed E-state index contributed by atoms with van der Waals surface area (Å²) < 4.78 is 0. The second-order valence-corrected chi connectivity index (χ2v) is 3.21. The van der Waals surface area contributed by atoms with Crippen LogP contribution in [-0.2, 0) is 0 Å². The Morgan fingerprint density at radius 2 is 2.38 bits per heavy atom. The predicted molar refractivity (Wildman–Crippen MR) is 46.7 cm³/mol. The van der Waals surface area contributed by atoms with Gasteiger partial charge in [0.05, 0.1) is 0 Å². The zero-order valence-electron chi connectivity index (χ0n) is 7.04. The summed E-state index contributed by atoms with van der Waals surface area (Å²) in [7, 11) is 0. The van der Waals surface area contributed by atoms with E-state index in [9.17, 15) is 9.59 Å². The zero-order valence-corrected chi connectivity index (χ0v) is 7.04. The molecule has 0 atom stereocenters. The first-order valence-corrected chi connectivity index (χ1v) is 4.24. The molecular weight excluding hydrogens is 168 g/mol. The monoisotopic (exact) mass is 178 g/mol. The highest BCUT2D eigenvalue weighted by Gasteiger charge is 2.24. The third kappa shape index (κ3) is 1.77. The molecule has 0 unspecified atom stereocenters. The third-order valence-electron chi connectivity index (χ3n) is 2.00. The Morgan fingerprint density at radius 1 is 1.62 bits per heavy atom. The lowest BCUT2D eigenvalue weighted by atomic mass is 10.3. The Hall–Kier alpha value is -1.58. The lowest BCUT2D eigenvalue weighted by Gasteiger charge is -1.98. The molecule has 1 amide bonds. The van der Waals surface area contributed by atoms with Gasteiger partial charge in [0.15, 0.2) is 6.29 Å². The van der Waals surface area contributed by atoms with E-state index < -0.39 is 0 Å². The van der Waals surface area contributed by atoms with Gasteiger partial charge in [0.2, 0.25) is 0 Å². The van der Waals surface area contributed by atoms with E-state index in [1.54, 1.807) is 6.07 Å². The Balaban J connectivity index is 2.05. The second-order valence-electron chi connectivity index (χ2n) is 3.21. The van der Waals surface area contributed by atoms with E-state index in [0.29, 0.717) is 23.6 Å². The highest BCUT2D eigenvalue weighted by Crippen LogP contribution is 2.19. The Bertz CT molecular complexity index is 339. The van der Waals surface area contributed by atoms with Crippen molar-refractivity contribution < 1.29 is 9.59 Å². The molecule has 0 aromatic carbocycles. The molecule has 1 aromatic rings. The number of hydrogen-bond donors (Lipinski definition) is 2. The highest BCUT2D eigenvalue weighted by molar-refractivity contribution is 5.94. The molecule has 2 rings (SSSR count). The van der Waals surface area contributed by atoms with Crippen molar-refractivity contribution in [3.63, 3.8) is 0 Å². The van der Waals surface area contributed by atoms with Gasteiger partial charge in [0.25, 0.3) is 5.91 Å². The number of carbonyl (C=O) groups excluding carboxylic acids is 2. The maximum Gasteiger partial charge on any atom is 0.267 e. The van der Waals surface area contributed by atoms with Gasteiger partial charge in [-0.2, -0.15) is 0 Å². The lowest BCUT2D eigenvalue weighted by Crippen LogP contribution is -2.25. The molecule has 2 N–H and O–H groups in total. The van der Waals surface area contributed by atoms with Crippen molar-refractivity contribution in [2.24, 2.45) is 0 Å². The summed E-state index contributed by atoms with van der Waals surface area (Å²) in [5.41, 5.74) is 0.954. The molecule has 0 spiro atoms. The molecule has 0 saturated heterocycles. The van der Waals surface area contributed by atoms with Crippen LogP contribution < -0.4 is 5.32 Å². The molecule has 1 heterocycles. The number of H-pyrrole nitrogens is 1. The van der Waals surface area contributed by atoms with Gasteiger partial charge >= 0.3 is 0 Å². The van der Waals surface area contributed by atoms with Crippen LogP contribution in [0.3, 0.4) is 0 Å². The second kappa shape index (κ2) is 3.05. The number of aldehydes is 1. The first-order chi connectivity index (χ1) is 6.29. The van der Waals surface area contributed by atoms with Gasteiger partial charge in [-0.05, 0) is 18.9 Å². The number of carbonyl (C=O) groups is 2. The van der Waals surface area contributed by atoms with Crippen molar-refractivity contribution in [3.8, 4) is 0 Å². The van der Waals surface area contributed by atoms with E-state index in [-0.39, 0.29) is 5.91 Å². The van der Waals surface area contributed by atoms with Crippen LogP contribution in [0.15, 0.2) is 12.3 Å². The van der Waals surface area contributed by atoms with E-state index in [1.165, 1.54) is 6.20 Å². The molecule has 4 heteroatoms. The van der Waals surface area contributed by atoms with Gasteiger partial charge in [-0.25, -0.2) is 0 Å². The molecule has 0 aliphatic heterocycles. The molecule has 13 heavy (non-hydrogen) atoms. The molecule has 1 aliphatic carbocycles. The number of aromatic amines is 1. The Labute approximate surface area is 75.3 Å². The first-order valence-electron chi connectivity index (χ1n) is 4.24. The minimum Gasteiger partial charge on any atom is -0.357 e. The number of nitrogens with one attached hydrogen (secondary N) is 2. The van der Waals surface area contributed by atoms with Crippen LogP contribution in [0.4, 0.5) is 0 Å². The van der Waals surface area contributed by atoms with Crippen LogP contribution in [-0.4, -0.2) is 23.2 Å². The van der Waals surface area contributed by atoms with Crippen LogP contribution >= 0.6 is 0 Å². The van der Waals surface area contributed by atoms with Crippen molar-refractivity contribution in [2.45, 2.75) is 18.9 Å². The molecule has 0 radical (unpaired) electrons. The fourth-order valence-electron chi connectivity index (χ4n) is 1.10. The summed E-state index contributed by atoms with van der Waals surface area (Å²) in [6.45, 7) is 0. The van der Waals surface area contributed by atoms with Crippen molar-refractivity contribution in [3.05, 3.63) is 23.5 Å². The summed E-state index contributed by atoms with van der Waals surface area (Å²) >= 11 is 0. The Kier molecular flexibility index (Phi) is 1.88. The largest absolute Gasteiger partial charge is 0.357 e. The number of aromatic nitrogens is 1. The van der Waals surface area contributed by atoms with Crippen molar-refractivity contribution in [1.29, 1.82) is 0 Å². The number of hydrogen-bond acceptors (Lipinski definition) is 2. The summed E-state index contributed by atoms with van der Waals surface area (Å²) in [5.74, 6) is -0.129. The fourth-order valence-corrected chi connectivity index (χ4v) is 1.10. The van der Waals surface area contributed by atoms with E-state index in [2.05, 4.69) is 10.3 Å². The molecule has 0 bridgehead atoms. The summed E-state index contributed by atoms with van der Waals surface area (Å²) in [6, 6.07) is 1.89. The highest BCUT2D eigenvalue weighted by atomic mass is 16.2. The average Bonchev–Trinajstić information content (AvgIpc) is 2.82. The minimum absolute atomic E-state index is 0.129. The topological polar surface area (TPSA) is 62.0 Å². The van der Waals surface area contributed by atoms with Gasteiger partial charge in [-0.1, -0.05) is 0 Å². The van der Waals surface area contributed by atoms with Crippen LogP contribution in [0.25, 0.3) is 0 Å². The predicted octanol–water partition coefficient (Wildman–Crippen LogP) is 0.719. The van der Waals surface area contributed by atoms with Gasteiger partial charge in [-0.15, -0.1) is 0 Å². The van der Waals surface area contributed by atoms with E-state index in [4.69, 9.17) is 0 Å². The Morgan fingerprint density at radius 3 is 2.92 bits per heavy atom. The van der Waals surface area contributed by atoms with Crippen molar-refractivity contribution in [2.75, 3.05) is 0 Å². The molecule has 1 saturated carbocycles. The van der Waals surface area contributed by atoms with Crippen LogP contribution in [0.1, 0.15) is 33.7 Å². The fraction of sp³-hybridized carbons (Fsp3) is 0.333. The van der Waals surface area contributed by atoms with Crippen molar-refractivity contribution in [1.82, 2.24) is 10.3 Å². The molecular formula is C9H10N2O2. The summed E-state index contributed by atoms with van der Waals surface area (Å²) in [5, 5.41) is 2.82. The molecule has 1 aromatic heterocycles. The lowest BCUT2D eigenvalue weighted by molar-refractivity contribution is 0.0946. The third-order valence-corrected chi connectivity index (χ3v) is 2.00. The molecule has 4 nitrogen and oxygen atoms in total. The zero-order chi connectivity index (χ0) is 9.26.